The number of furan rings is 1. The van der Waals surface area contributed by atoms with Crippen LogP contribution in [0.1, 0.15) is 38.4 Å². The Kier molecular flexibility index (Phi) is 7.55. The van der Waals surface area contributed by atoms with E-state index in [2.05, 4.69) is 34.2 Å². The zero-order valence-corrected chi connectivity index (χ0v) is 16.2. The highest BCUT2D eigenvalue weighted by Crippen LogP contribution is 2.25. The lowest BCUT2D eigenvalue weighted by molar-refractivity contribution is 0.273. The Morgan fingerprint density at radius 3 is 3.08 bits per heavy atom. The third kappa shape index (κ3) is 5.96. The number of hydrogen-bond donors (Lipinski definition) is 2. The third-order valence-electron chi connectivity index (χ3n) is 5.13. The van der Waals surface area contributed by atoms with E-state index in [0.29, 0.717) is 6.04 Å². The molecule has 2 atom stereocenters. The lowest BCUT2D eigenvalue weighted by atomic mass is 10.2. The van der Waals surface area contributed by atoms with Gasteiger partial charge in [-0.3, -0.25) is 9.89 Å². The van der Waals surface area contributed by atoms with Crippen LogP contribution in [-0.2, 0) is 6.42 Å². The van der Waals surface area contributed by atoms with Gasteiger partial charge in [0.15, 0.2) is 5.96 Å². The third-order valence-corrected chi connectivity index (χ3v) is 6.53. The predicted octanol–water partition coefficient (Wildman–Crippen LogP) is 2.74. The number of guanidine groups is 1. The van der Waals surface area contributed by atoms with Crippen LogP contribution < -0.4 is 10.6 Å². The molecule has 3 heterocycles. The zero-order valence-electron chi connectivity index (χ0n) is 15.4. The van der Waals surface area contributed by atoms with Gasteiger partial charge in [-0.15, -0.1) is 0 Å². The summed E-state index contributed by atoms with van der Waals surface area (Å²) in [6.45, 7) is 7.36. The minimum Gasteiger partial charge on any atom is -0.469 e. The quantitative estimate of drug-likeness (QED) is 0.549. The van der Waals surface area contributed by atoms with Crippen LogP contribution in [0.5, 0.6) is 0 Å². The highest BCUT2D eigenvalue weighted by Gasteiger charge is 2.22. The van der Waals surface area contributed by atoms with E-state index in [-0.39, 0.29) is 0 Å². The molecule has 0 amide bonds. The summed E-state index contributed by atoms with van der Waals surface area (Å²) in [4.78, 5) is 7.45. The van der Waals surface area contributed by atoms with Gasteiger partial charge in [0.1, 0.15) is 5.76 Å². The van der Waals surface area contributed by atoms with E-state index in [1.54, 1.807) is 6.26 Å². The molecule has 5 nitrogen and oxygen atoms in total. The van der Waals surface area contributed by atoms with Crippen LogP contribution in [0.25, 0.3) is 0 Å². The fourth-order valence-electron chi connectivity index (χ4n) is 3.66. The van der Waals surface area contributed by atoms with E-state index in [0.717, 1.165) is 49.6 Å². The Morgan fingerprint density at radius 1 is 1.36 bits per heavy atom. The Bertz CT molecular complexity index is 514. The Labute approximate surface area is 156 Å². The first kappa shape index (κ1) is 18.6. The first-order valence-electron chi connectivity index (χ1n) is 9.75. The van der Waals surface area contributed by atoms with Crippen LogP contribution >= 0.6 is 11.8 Å². The topological polar surface area (TPSA) is 52.8 Å². The maximum atomic E-state index is 5.42. The van der Waals surface area contributed by atoms with Crippen molar-refractivity contribution in [1.29, 1.82) is 0 Å². The standard InChI is InChI=1S/C19H32N4OS/c1-2-23-11-3-6-16(23)14-21-19(22-15-18-8-5-13-25-18)20-10-9-17-7-4-12-24-17/h4,7,12,16,18H,2-3,5-6,8-11,13-15H2,1H3,(H2,20,21,22). The van der Waals surface area contributed by atoms with Crippen molar-refractivity contribution < 1.29 is 4.42 Å². The highest BCUT2D eigenvalue weighted by molar-refractivity contribution is 8.00. The van der Waals surface area contributed by atoms with Crippen LogP contribution in [0.15, 0.2) is 27.8 Å². The molecule has 0 aromatic carbocycles. The number of nitrogens with zero attached hydrogens (tertiary/aromatic N) is 2. The molecular weight excluding hydrogens is 332 g/mol. The first-order valence-corrected chi connectivity index (χ1v) is 10.8. The molecule has 0 radical (unpaired) electrons. The molecule has 0 aliphatic carbocycles. The maximum absolute atomic E-state index is 5.42. The number of likely N-dealkylation sites (N-methyl/N-ethyl adjacent to an activating group) is 1. The van der Waals surface area contributed by atoms with E-state index < -0.39 is 0 Å². The molecule has 140 valence electrons. The van der Waals surface area contributed by atoms with Crippen LogP contribution in [0.3, 0.4) is 0 Å². The second-order valence-electron chi connectivity index (χ2n) is 6.89. The summed E-state index contributed by atoms with van der Waals surface area (Å²) >= 11 is 2.09. The molecule has 0 saturated carbocycles. The van der Waals surface area contributed by atoms with Gasteiger partial charge in [0.05, 0.1) is 12.8 Å². The normalized spacial score (nSPS) is 24.8. The molecule has 3 rings (SSSR count). The highest BCUT2D eigenvalue weighted by atomic mass is 32.2. The second kappa shape index (κ2) is 10.1. The Balaban J connectivity index is 1.49. The average Bonchev–Trinajstić information content (AvgIpc) is 3.39. The van der Waals surface area contributed by atoms with Gasteiger partial charge < -0.3 is 15.1 Å². The molecule has 2 aliphatic heterocycles. The molecular formula is C19H32N4OS. The number of likely N-dealkylation sites (tertiary alicyclic amines) is 1. The monoisotopic (exact) mass is 364 g/mol. The van der Waals surface area contributed by atoms with Crippen molar-refractivity contribution >= 4 is 17.7 Å². The van der Waals surface area contributed by atoms with Crippen molar-refractivity contribution in [1.82, 2.24) is 15.5 Å². The van der Waals surface area contributed by atoms with Gasteiger partial charge in [-0.2, -0.15) is 11.8 Å². The maximum Gasteiger partial charge on any atom is 0.191 e. The predicted molar refractivity (Wildman–Crippen MR) is 106 cm³/mol. The lowest BCUT2D eigenvalue weighted by Crippen LogP contribution is -2.42. The molecule has 2 unspecified atom stereocenters. The van der Waals surface area contributed by atoms with E-state index in [4.69, 9.17) is 9.41 Å². The van der Waals surface area contributed by atoms with Gasteiger partial charge >= 0.3 is 0 Å². The molecule has 2 saturated heterocycles. The number of rotatable bonds is 8. The molecule has 1 aromatic heterocycles. The van der Waals surface area contributed by atoms with Gasteiger partial charge in [0, 0.05) is 30.8 Å². The average molecular weight is 365 g/mol. The van der Waals surface area contributed by atoms with Crippen LogP contribution in [0.2, 0.25) is 0 Å². The molecule has 2 aliphatic rings. The van der Waals surface area contributed by atoms with Crippen molar-refractivity contribution in [3.8, 4) is 0 Å². The van der Waals surface area contributed by atoms with Gasteiger partial charge in [-0.05, 0) is 56.7 Å². The number of aliphatic imine (C=N–C) groups is 1. The Hall–Kier alpha value is -1.14. The molecule has 0 bridgehead atoms. The Morgan fingerprint density at radius 2 is 2.32 bits per heavy atom. The smallest absolute Gasteiger partial charge is 0.191 e. The van der Waals surface area contributed by atoms with Gasteiger partial charge in [-0.1, -0.05) is 6.92 Å². The van der Waals surface area contributed by atoms with Crippen LogP contribution in [0, 0.1) is 0 Å². The zero-order chi connectivity index (χ0) is 17.3. The summed E-state index contributed by atoms with van der Waals surface area (Å²) in [5.74, 6) is 3.28. The number of thioether (sulfide) groups is 1. The number of nitrogens with one attached hydrogen (secondary N) is 2. The molecule has 2 fully saturated rings. The van der Waals surface area contributed by atoms with Crippen molar-refractivity contribution in [2.45, 2.75) is 50.3 Å². The molecule has 0 spiro atoms. The van der Waals surface area contributed by atoms with Gasteiger partial charge in [0.25, 0.3) is 0 Å². The lowest BCUT2D eigenvalue weighted by Gasteiger charge is -2.22. The summed E-state index contributed by atoms with van der Waals surface area (Å²) in [6.07, 6.45) is 7.87. The van der Waals surface area contributed by atoms with Crippen molar-refractivity contribution in [2.75, 3.05) is 38.5 Å². The van der Waals surface area contributed by atoms with Gasteiger partial charge in [-0.25, -0.2) is 0 Å². The number of hydrogen-bond acceptors (Lipinski definition) is 4. The largest absolute Gasteiger partial charge is 0.469 e. The van der Waals surface area contributed by atoms with E-state index in [1.807, 2.05) is 12.1 Å². The van der Waals surface area contributed by atoms with Crippen molar-refractivity contribution in [2.24, 2.45) is 4.99 Å². The van der Waals surface area contributed by atoms with E-state index in [9.17, 15) is 0 Å². The molecule has 2 N–H and O–H groups in total. The molecule has 25 heavy (non-hydrogen) atoms. The fraction of sp³-hybridized carbons (Fsp3) is 0.737. The van der Waals surface area contributed by atoms with Gasteiger partial charge in [0.2, 0.25) is 0 Å². The van der Waals surface area contributed by atoms with Crippen molar-refractivity contribution in [3.63, 3.8) is 0 Å². The van der Waals surface area contributed by atoms with Crippen LogP contribution in [0.4, 0.5) is 0 Å². The van der Waals surface area contributed by atoms with Crippen LogP contribution in [-0.4, -0.2) is 60.6 Å². The summed E-state index contributed by atoms with van der Waals surface area (Å²) in [5.41, 5.74) is 0. The van der Waals surface area contributed by atoms with E-state index in [1.165, 1.54) is 38.0 Å². The SMILES string of the molecule is CCN1CCCC1CN=C(NCCc1ccco1)NCC1CCCS1. The first-order chi connectivity index (χ1) is 12.3. The summed E-state index contributed by atoms with van der Waals surface area (Å²) in [5, 5.41) is 7.79. The summed E-state index contributed by atoms with van der Waals surface area (Å²) in [6, 6.07) is 4.58. The molecule has 1 aromatic rings. The fourth-order valence-corrected chi connectivity index (χ4v) is 4.87. The summed E-state index contributed by atoms with van der Waals surface area (Å²) in [7, 11) is 0. The minimum atomic E-state index is 0.606. The minimum absolute atomic E-state index is 0.606. The van der Waals surface area contributed by atoms with E-state index >= 15 is 0 Å². The molecule has 6 heteroatoms. The van der Waals surface area contributed by atoms with Crippen molar-refractivity contribution in [3.05, 3.63) is 24.2 Å². The second-order valence-corrected chi connectivity index (χ2v) is 8.29. The summed E-state index contributed by atoms with van der Waals surface area (Å²) < 4.78 is 5.42.